The molecule has 1 aliphatic heterocycles. The Balaban J connectivity index is 2.58. The van der Waals surface area contributed by atoms with E-state index in [1.54, 1.807) is 0 Å². The summed E-state index contributed by atoms with van der Waals surface area (Å²) < 4.78 is 0. The van der Waals surface area contributed by atoms with Crippen LogP contribution in [0.5, 0.6) is 0 Å². The van der Waals surface area contributed by atoms with Gasteiger partial charge in [0, 0.05) is 19.0 Å². The monoisotopic (exact) mass is 255 g/mol. The molecular weight excluding hydrogens is 230 g/mol. The van der Waals surface area contributed by atoms with Crippen molar-refractivity contribution in [3.63, 3.8) is 0 Å². The fraction of sp³-hybridized carbons (Fsp3) is 0.857. The normalized spacial score (nSPS) is 20.5. The molecule has 0 aromatic carbocycles. The highest BCUT2D eigenvalue weighted by molar-refractivity contribution is 5.79. The lowest BCUT2D eigenvalue weighted by Gasteiger charge is -2.39. The number of likely N-dealkylation sites (tertiary alicyclic amines) is 1. The van der Waals surface area contributed by atoms with E-state index in [4.69, 9.17) is 0 Å². The van der Waals surface area contributed by atoms with E-state index in [-0.39, 0.29) is 11.8 Å². The minimum absolute atomic E-state index is 0.0638. The van der Waals surface area contributed by atoms with Gasteiger partial charge in [-0.25, -0.2) is 0 Å². The number of carbonyl (C=O) groups excluding carboxylic acids is 1. The van der Waals surface area contributed by atoms with Crippen LogP contribution in [0.2, 0.25) is 0 Å². The highest BCUT2D eigenvalue weighted by Gasteiger charge is 2.41. The Kier molecular flexibility index (Phi) is 5.17. The number of amides is 1. The molecule has 1 rings (SSSR count). The van der Waals surface area contributed by atoms with Crippen LogP contribution in [0, 0.1) is 11.3 Å². The molecular formula is C14H25NO3. The van der Waals surface area contributed by atoms with Crippen molar-refractivity contribution in [1.82, 2.24) is 4.90 Å². The third-order valence-corrected chi connectivity index (χ3v) is 4.31. The van der Waals surface area contributed by atoms with E-state index in [0.29, 0.717) is 32.4 Å². The first-order valence-corrected chi connectivity index (χ1v) is 6.99. The molecule has 0 bridgehead atoms. The number of rotatable bonds is 5. The summed E-state index contributed by atoms with van der Waals surface area (Å²) in [5.74, 6) is -0.459. The zero-order valence-corrected chi connectivity index (χ0v) is 11.7. The Morgan fingerprint density at radius 1 is 1.28 bits per heavy atom. The van der Waals surface area contributed by atoms with E-state index in [9.17, 15) is 14.7 Å². The Morgan fingerprint density at radius 2 is 1.83 bits per heavy atom. The molecule has 1 saturated heterocycles. The van der Waals surface area contributed by atoms with Crippen molar-refractivity contribution in [2.75, 3.05) is 13.1 Å². The van der Waals surface area contributed by atoms with E-state index < -0.39 is 11.4 Å². The van der Waals surface area contributed by atoms with Crippen LogP contribution in [-0.4, -0.2) is 35.0 Å². The van der Waals surface area contributed by atoms with Crippen molar-refractivity contribution in [2.45, 2.75) is 52.9 Å². The Hall–Kier alpha value is -1.06. The largest absolute Gasteiger partial charge is 0.481 e. The van der Waals surface area contributed by atoms with Crippen molar-refractivity contribution in [1.29, 1.82) is 0 Å². The summed E-state index contributed by atoms with van der Waals surface area (Å²) in [6.07, 6.45) is 3.74. The van der Waals surface area contributed by atoms with Crippen LogP contribution in [0.15, 0.2) is 0 Å². The van der Waals surface area contributed by atoms with Gasteiger partial charge in [-0.3, -0.25) is 9.59 Å². The Morgan fingerprint density at radius 3 is 2.22 bits per heavy atom. The van der Waals surface area contributed by atoms with E-state index in [1.165, 1.54) is 0 Å². The van der Waals surface area contributed by atoms with Crippen LogP contribution in [0.4, 0.5) is 0 Å². The van der Waals surface area contributed by atoms with Gasteiger partial charge >= 0.3 is 5.97 Å². The molecule has 1 amide bonds. The van der Waals surface area contributed by atoms with Gasteiger partial charge in [0.2, 0.25) is 5.91 Å². The molecule has 1 aliphatic rings. The molecule has 4 heteroatoms. The van der Waals surface area contributed by atoms with Gasteiger partial charge in [-0.05, 0) is 25.7 Å². The van der Waals surface area contributed by atoms with Crippen LogP contribution in [0.25, 0.3) is 0 Å². The van der Waals surface area contributed by atoms with E-state index in [0.717, 1.165) is 12.8 Å². The van der Waals surface area contributed by atoms with E-state index in [2.05, 4.69) is 6.92 Å². The molecule has 0 aromatic heterocycles. The van der Waals surface area contributed by atoms with Gasteiger partial charge in [-0.2, -0.15) is 0 Å². The SMILES string of the molecule is CCCC(C)C(=O)N1CCC(CC)(C(=O)O)CC1. The fourth-order valence-corrected chi connectivity index (χ4v) is 2.74. The maximum absolute atomic E-state index is 12.1. The van der Waals surface area contributed by atoms with Crippen LogP contribution in [0.1, 0.15) is 52.9 Å². The Bertz CT molecular complexity index is 306. The zero-order chi connectivity index (χ0) is 13.8. The molecule has 1 unspecified atom stereocenters. The average molecular weight is 255 g/mol. The molecule has 0 spiro atoms. The first-order valence-electron chi connectivity index (χ1n) is 6.99. The van der Waals surface area contributed by atoms with Crippen molar-refractivity contribution in [3.05, 3.63) is 0 Å². The highest BCUT2D eigenvalue weighted by atomic mass is 16.4. The maximum atomic E-state index is 12.1. The second-order valence-electron chi connectivity index (χ2n) is 5.45. The molecule has 0 radical (unpaired) electrons. The number of nitrogens with zero attached hydrogens (tertiary/aromatic N) is 1. The molecule has 0 saturated carbocycles. The minimum Gasteiger partial charge on any atom is -0.481 e. The maximum Gasteiger partial charge on any atom is 0.309 e. The second kappa shape index (κ2) is 6.21. The van der Waals surface area contributed by atoms with Gasteiger partial charge in [-0.15, -0.1) is 0 Å². The van der Waals surface area contributed by atoms with Gasteiger partial charge in [0.15, 0.2) is 0 Å². The molecule has 1 heterocycles. The Labute approximate surface area is 109 Å². The number of carbonyl (C=O) groups is 2. The topological polar surface area (TPSA) is 57.6 Å². The smallest absolute Gasteiger partial charge is 0.309 e. The van der Waals surface area contributed by atoms with Crippen LogP contribution in [0.3, 0.4) is 0 Å². The summed E-state index contributed by atoms with van der Waals surface area (Å²) in [4.78, 5) is 25.3. The van der Waals surface area contributed by atoms with Crippen molar-refractivity contribution in [3.8, 4) is 0 Å². The van der Waals surface area contributed by atoms with Crippen LogP contribution < -0.4 is 0 Å². The summed E-state index contributed by atoms with van der Waals surface area (Å²) in [6, 6.07) is 0. The first-order chi connectivity index (χ1) is 8.46. The van der Waals surface area contributed by atoms with Crippen LogP contribution in [-0.2, 0) is 9.59 Å². The van der Waals surface area contributed by atoms with Crippen LogP contribution >= 0.6 is 0 Å². The molecule has 0 aliphatic carbocycles. The molecule has 1 atom stereocenters. The molecule has 104 valence electrons. The standard InChI is InChI=1S/C14H25NO3/c1-4-6-11(3)12(16)15-9-7-14(5-2,8-10-15)13(17)18/h11H,4-10H2,1-3H3,(H,17,18). The summed E-state index contributed by atoms with van der Waals surface area (Å²) in [5, 5.41) is 9.30. The lowest BCUT2D eigenvalue weighted by Crippen LogP contribution is -2.47. The molecule has 4 nitrogen and oxygen atoms in total. The second-order valence-corrected chi connectivity index (χ2v) is 5.45. The van der Waals surface area contributed by atoms with Crippen molar-refractivity contribution in [2.24, 2.45) is 11.3 Å². The number of aliphatic carboxylic acids is 1. The predicted octanol–water partition coefficient (Wildman–Crippen LogP) is 2.53. The van der Waals surface area contributed by atoms with Crippen molar-refractivity contribution >= 4 is 11.9 Å². The van der Waals surface area contributed by atoms with Gasteiger partial charge in [0.25, 0.3) is 0 Å². The number of hydrogen-bond acceptors (Lipinski definition) is 2. The fourth-order valence-electron chi connectivity index (χ4n) is 2.74. The molecule has 1 fully saturated rings. The highest BCUT2D eigenvalue weighted by Crippen LogP contribution is 2.35. The summed E-state index contributed by atoms with van der Waals surface area (Å²) in [6.45, 7) is 7.14. The molecule has 0 aromatic rings. The van der Waals surface area contributed by atoms with Gasteiger partial charge in [0.05, 0.1) is 5.41 Å². The molecule has 1 N–H and O–H groups in total. The van der Waals surface area contributed by atoms with E-state index in [1.807, 2.05) is 18.7 Å². The third kappa shape index (κ3) is 3.03. The lowest BCUT2D eigenvalue weighted by atomic mass is 9.76. The quantitative estimate of drug-likeness (QED) is 0.821. The van der Waals surface area contributed by atoms with Gasteiger partial charge < -0.3 is 10.0 Å². The number of hydrogen-bond donors (Lipinski definition) is 1. The lowest BCUT2D eigenvalue weighted by molar-refractivity contribution is -0.155. The number of carboxylic acids is 1. The average Bonchev–Trinajstić information content (AvgIpc) is 2.38. The summed E-state index contributed by atoms with van der Waals surface area (Å²) in [7, 11) is 0. The van der Waals surface area contributed by atoms with Gasteiger partial charge in [0.1, 0.15) is 0 Å². The first kappa shape index (κ1) is 15.0. The third-order valence-electron chi connectivity index (χ3n) is 4.31. The summed E-state index contributed by atoms with van der Waals surface area (Å²) in [5.41, 5.74) is -0.606. The zero-order valence-electron chi connectivity index (χ0n) is 11.7. The summed E-state index contributed by atoms with van der Waals surface area (Å²) >= 11 is 0. The minimum atomic E-state index is -0.710. The number of piperidine rings is 1. The predicted molar refractivity (Wildman–Crippen MR) is 70.2 cm³/mol. The number of carboxylic acid groups (broad SMARTS) is 1. The van der Waals surface area contributed by atoms with Gasteiger partial charge in [-0.1, -0.05) is 27.2 Å². The van der Waals surface area contributed by atoms with Crippen molar-refractivity contribution < 1.29 is 14.7 Å². The molecule has 18 heavy (non-hydrogen) atoms. The van der Waals surface area contributed by atoms with E-state index >= 15 is 0 Å².